The number of hydroxylamine groups is 2. The molecule has 2 fully saturated rings. The highest BCUT2D eigenvalue weighted by Crippen LogP contribution is 2.39. The summed E-state index contributed by atoms with van der Waals surface area (Å²) in [4.78, 5) is 31.2. The van der Waals surface area contributed by atoms with Crippen molar-refractivity contribution in [3.05, 3.63) is 35.4 Å². The minimum Gasteiger partial charge on any atom is -0.338 e. The number of benzene rings is 1. The average Bonchev–Trinajstić information content (AvgIpc) is 2.90. The lowest BCUT2D eigenvalue weighted by Crippen LogP contribution is -2.53. The van der Waals surface area contributed by atoms with Gasteiger partial charge in [-0.15, -0.1) is 0 Å². The van der Waals surface area contributed by atoms with Gasteiger partial charge >= 0.3 is 6.18 Å². The van der Waals surface area contributed by atoms with E-state index in [1.165, 1.54) is 29.2 Å². The summed E-state index contributed by atoms with van der Waals surface area (Å²) >= 11 is 0. The van der Waals surface area contributed by atoms with Crippen molar-refractivity contribution >= 4 is 11.8 Å². The number of hydrogen-bond donors (Lipinski definition) is 0. The molecule has 25 heavy (non-hydrogen) atoms. The lowest BCUT2D eigenvalue weighted by atomic mass is 9.85. The molecular weight excluding hydrogens is 337 g/mol. The molecule has 2 saturated heterocycles. The smallest absolute Gasteiger partial charge is 0.338 e. The number of hydrogen-bond acceptors (Lipinski definition) is 3. The predicted molar refractivity (Wildman–Crippen MR) is 82.4 cm³/mol. The molecule has 0 saturated carbocycles. The highest BCUT2D eigenvalue weighted by Gasteiger charge is 2.48. The molecule has 5 nitrogen and oxygen atoms in total. The van der Waals surface area contributed by atoms with Crippen LogP contribution in [0.15, 0.2) is 24.3 Å². The first-order chi connectivity index (χ1) is 11.8. The van der Waals surface area contributed by atoms with Crippen molar-refractivity contribution in [1.29, 1.82) is 0 Å². The Balaban J connectivity index is 1.71. The molecule has 2 heterocycles. The number of alkyl halides is 3. The third-order valence-corrected chi connectivity index (χ3v) is 5.06. The lowest BCUT2D eigenvalue weighted by molar-refractivity contribution is -0.201. The summed E-state index contributed by atoms with van der Waals surface area (Å²) in [6.07, 6.45) is -2.29. The maximum Gasteiger partial charge on any atom is 0.416 e. The Hall–Kier alpha value is -2.09. The fourth-order valence-electron chi connectivity index (χ4n) is 3.69. The maximum absolute atomic E-state index is 12.8. The molecule has 136 valence electrons. The molecule has 0 unspecified atom stereocenters. The topological polar surface area (TPSA) is 49.9 Å². The van der Waals surface area contributed by atoms with Gasteiger partial charge in [-0.3, -0.25) is 14.4 Å². The SMILES string of the molecule is CON1C(=O)CCC12CCN(C(=O)c1cccc(C(F)(F)F)c1)CC2. The summed E-state index contributed by atoms with van der Waals surface area (Å²) in [6.45, 7) is 0.754. The third-order valence-electron chi connectivity index (χ3n) is 5.06. The fourth-order valence-corrected chi connectivity index (χ4v) is 3.69. The standard InChI is InChI=1S/C17H19F3N2O3/c1-25-22-14(23)5-6-16(22)7-9-21(10-8-16)15(24)12-3-2-4-13(11-12)17(18,19)20/h2-4,11H,5-10H2,1H3. The maximum atomic E-state index is 12.8. The molecule has 0 atom stereocenters. The van der Waals surface area contributed by atoms with Crippen LogP contribution in [-0.4, -0.2) is 47.5 Å². The zero-order valence-electron chi connectivity index (χ0n) is 13.8. The first-order valence-electron chi connectivity index (χ1n) is 8.10. The third kappa shape index (κ3) is 3.22. The molecule has 0 aliphatic carbocycles. The van der Waals surface area contributed by atoms with Crippen LogP contribution in [0.25, 0.3) is 0 Å². The van der Waals surface area contributed by atoms with Gasteiger partial charge in [0.1, 0.15) is 0 Å². The number of likely N-dealkylation sites (tertiary alicyclic amines) is 1. The number of piperidine rings is 1. The van der Waals surface area contributed by atoms with Gasteiger partial charge in [-0.2, -0.15) is 13.2 Å². The largest absolute Gasteiger partial charge is 0.416 e. The summed E-state index contributed by atoms with van der Waals surface area (Å²) in [5, 5.41) is 1.40. The first kappa shape index (κ1) is 17.7. The first-order valence-corrected chi connectivity index (χ1v) is 8.10. The zero-order valence-corrected chi connectivity index (χ0v) is 13.8. The van der Waals surface area contributed by atoms with Gasteiger partial charge in [0, 0.05) is 25.1 Å². The van der Waals surface area contributed by atoms with Crippen molar-refractivity contribution in [1.82, 2.24) is 9.96 Å². The van der Waals surface area contributed by atoms with Crippen molar-refractivity contribution in [3.8, 4) is 0 Å². The molecule has 0 bridgehead atoms. The van der Waals surface area contributed by atoms with Crippen molar-refractivity contribution in [2.45, 2.75) is 37.4 Å². The fraction of sp³-hybridized carbons (Fsp3) is 0.529. The van der Waals surface area contributed by atoms with E-state index in [-0.39, 0.29) is 11.5 Å². The van der Waals surface area contributed by atoms with E-state index >= 15 is 0 Å². The quantitative estimate of drug-likeness (QED) is 0.819. The zero-order chi connectivity index (χ0) is 18.2. The summed E-state index contributed by atoms with van der Waals surface area (Å²) < 4.78 is 38.4. The van der Waals surface area contributed by atoms with Crippen molar-refractivity contribution in [2.75, 3.05) is 20.2 Å². The van der Waals surface area contributed by atoms with Gasteiger partial charge in [-0.05, 0) is 37.5 Å². The van der Waals surface area contributed by atoms with E-state index in [4.69, 9.17) is 4.84 Å². The summed E-state index contributed by atoms with van der Waals surface area (Å²) in [6, 6.07) is 4.46. The summed E-state index contributed by atoms with van der Waals surface area (Å²) in [5.74, 6) is -0.491. The highest BCUT2D eigenvalue weighted by atomic mass is 19.4. The van der Waals surface area contributed by atoms with E-state index in [0.29, 0.717) is 38.8 Å². The van der Waals surface area contributed by atoms with E-state index in [2.05, 4.69) is 0 Å². The van der Waals surface area contributed by atoms with Crippen LogP contribution in [0.3, 0.4) is 0 Å². The molecule has 2 aliphatic rings. The van der Waals surface area contributed by atoms with Crippen LogP contribution >= 0.6 is 0 Å². The molecule has 0 aromatic heterocycles. The molecule has 1 spiro atoms. The van der Waals surface area contributed by atoms with Gasteiger partial charge in [0.2, 0.25) is 5.91 Å². The second kappa shape index (κ2) is 6.33. The van der Waals surface area contributed by atoms with E-state index in [9.17, 15) is 22.8 Å². The van der Waals surface area contributed by atoms with Crippen LogP contribution in [0.5, 0.6) is 0 Å². The Bertz CT molecular complexity index is 682. The van der Waals surface area contributed by atoms with Crippen molar-refractivity contribution in [3.63, 3.8) is 0 Å². The van der Waals surface area contributed by atoms with Crippen LogP contribution < -0.4 is 0 Å². The molecular formula is C17H19F3N2O3. The molecule has 1 aromatic carbocycles. The summed E-state index contributed by atoms with van der Waals surface area (Å²) in [5.41, 5.74) is -1.22. The number of halogens is 3. The Morgan fingerprint density at radius 2 is 1.88 bits per heavy atom. The van der Waals surface area contributed by atoms with Gasteiger partial charge in [0.25, 0.3) is 5.91 Å². The predicted octanol–water partition coefficient (Wildman–Crippen LogP) is 2.86. The number of amides is 2. The van der Waals surface area contributed by atoms with E-state index in [1.54, 1.807) is 0 Å². The molecule has 3 rings (SSSR count). The molecule has 0 N–H and O–H groups in total. The Kier molecular flexibility index (Phi) is 4.49. The number of carbonyl (C=O) groups is 2. The minimum atomic E-state index is -4.48. The van der Waals surface area contributed by atoms with Crippen LogP contribution in [0, 0.1) is 0 Å². The van der Waals surface area contributed by atoms with Gasteiger partial charge in [-0.25, -0.2) is 5.06 Å². The Morgan fingerprint density at radius 3 is 2.48 bits per heavy atom. The van der Waals surface area contributed by atoms with Gasteiger partial charge in [0.15, 0.2) is 0 Å². The monoisotopic (exact) mass is 356 g/mol. The normalized spacial score (nSPS) is 20.4. The number of nitrogens with zero attached hydrogens (tertiary/aromatic N) is 2. The lowest BCUT2D eigenvalue weighted by Gasteiger charge is -2.43. The summed E-state index contributed by atoms with van der Waals surface area (Å²) in [7, 11) is 1.45. The highest BCUT2D eigenvalue weighted by molar-refractivity contribution is 5.94. The average molecular weight is 356 g/mol. The van der Waals surface area contributed by atoms with E-state index in [0.717, 1.165) is 12.1 Å². The van der Waals surface area contributed by atoms with Crippen LogP contribution in [0.4, 0.5) is 13.2 Å². The van der Waals surface area contributed by atoms with E-state index in [1.807, 2.05) is 0 Å². The van der Waals surface area contributed by atoms with Gasteiger partial charge in [0.05, 0.1) is 18.2 Å². The minimum absolute atomic E-state index is 0.0249. The Morgan fingerprint density at radius 1 is 1.20 bits per heavy atom. The van der Waals surface area contributed by atoms with Crippen molar-refractivity contribution in [2.24, 2.45) is 0 Å². The molecule has 2 aliphatic heterocycles. The van der Waals surface area contributed by atoms with Crippen molar-refractivity contribution < 1.29 is 27.6 Å². The van der Waals surface area contributed by atoms with Crippen LogP contribution in [-0.2, 0) is 15.8 Å². The second-order valence-electron chi connectivity index (χ2n) is 6.47. The van der Waals surface area contributed by atoms with E-state index < -0.39 is 23.2 Å². The van der Waals surface area contributed by atoms with Gasteiger partial charge < -0.3 is 4.90 Å². The van der Waals surface area contributed by atoms with Crippen LogP contribution in [0.2, 0.25) is 0 Å². The molecule has 0 radical (unpaired) electrons. The molecule has 1 aromatic rings. The van der Waals surface area contributed by atoms with Gasteiger partial charge in [-0.1, -0.05) is 6.07 Å². The second-order valence-corrected chi connectivity index (χ2v) is 6.47. The Labute approximate surface area is 143 Å². The number of rotatable bonds is 2. The molecule has 8 heteroatoms. The van der Waals surface area contributed by atoms with Crippen LogP contribution in [0.1, 0.15) is 41.6 Å². The number of carbonyl (C=O) groups excluding carboxylic acids is 2. The molecule has 2 amide bonds.